The molecule has 8 nitrogen and oxygen atoms in total. The van der Waals surface area contributed by atoms with Gasteiger partial charge in [-0.2, -0.15) is 4.98 Å². The summed E-state index contributed by atoms with van der Waals surface area (Å²) in [4.78, 5) is 19.8. The summed E-state index contributed by atoms with van der Waals surface area (Å²) >= 11 is 0. The molecule has 19 heavy (non-hydrogen) atoms. The summed E-state index contributed by atoms with van der Waals surface area (Å²) in [5.74, 6) is 0.147. The minimum Gasteiger partial charge on any atom is -0.343 e. The zero-order valence-electron chi connectivity index (χ0n) is 11.3. The van der Waals surface area contributed by atoms with Crippen LogP contribution in [0, 0.1) is 0 Å². The highest BCUT2D eigenvalue weighted by Crippen LogP contribution is 2.11. The minimum absolute atomic E-state index is 0.116. The quantitative estimate of drug-likeness (QED) is 0.884. The summed E-state index contributed by atoms with van der Waals surface area (Å²) in [6, 6.07) is -0.368. The van der Waals surface area contributed by atoms with Gasteiger partial charge in [0.15, 0.2) is 5.82 Å². The fourth-order valence-electron chi connectivity index (χ4n) is 1.39. The number of aromatic nitrogens is 5. The van der Waals surface area contributed by atoms with Crippen molar-refractivity contribution in [1.29, 1.82) is 0 Å². The lowest BCUT2D eigenvalue weighted by Crippen LogP contribution is -2.29. The van der Waals surface area contributed by atoms with Crippen LogP contribution in [0.4, 0.5) is 0 Å². The molecule has 0 saturated carbocycles. The highest BCUT2D eigenvalue weighted by Gasteiger charge is 2.20. The van der Waals surface area contributed by atoms with Gasteiger partial charge in [0.1, 0.15) is 6.33 Å². The van der Waals surface area contributed by atoms with Crippen molar-refractivity contribution in [1.82, 2.24) is 30.2 Å². The average Bonchev–Trinajstić information content (AvgIpc) is 3.00. The van der Waals surface area contributed by atoms with Gasteiger partial charge < -0.3 is 9.84 Å². The molecule has 0 fully saturated rings. The van der Waals surface area contributed by atoms with Crippen LogP contribution in [-0.2, 0) is 5.54 Å². The van der Waals surface area contributed by atoms with Crippen molar-refractivity contribution in [3.63, 3.8) is 0 Å². The van der Waals surface area contributed by atoms with Crippen molar-refractivity contribution in [2.24, 2.45) is 0 Å². The van der Waals surface area contributed by atoms with E-state index in [2.05, 4.69) is 30.1 Å². The fraction of sp³-hybridized carbons (Fsp3) is 0.545. The lowest BCUT2D eigenvalue weighted by atomic mass is 10.1. The van der Waals surface area contributed by atoms with Crippen LogP contribution in [0.25, 0.3) is 0 Å². The number of carbonyl (C=O) groups excluding carboxylic acids is 1. The van der Waals surface area contributed by atoms with Gasteiger partial charge in [-0.3, -0.25) is 4.79 Å². The SMILES string of the molecule is CC(NC(=O)c1ncn(C(C)(C)C)n1)c1ncon1. The lowest BCUT2D eigenvalue weighted by Gasteiger charge is -2.17. The molecule has 2 heterocycles. The maximum Gasteiger partial charge on any atom is 0.291 e. The summed E-state index contributed by atoms with van der Waals surface area (Å²) in [5.41, 5.74) is -0.217. The number of nitrogens with one attached hydrogen (secondary N) is 1. The standard InChI is InChI=1S/C11H16N6O2/c1-7(8-13-6-19-16-8)14-10(18)9-12-5-17(15-9)11(2,3)4/h5-7H,1-4H3,(H,14,18). The molecule has 1 unspecified atom stereocenters. The Kier molecular flexibility index (Phi) is 3.32. The molecule has 0 spiro atoms. The van der Waals surface area contributed by atoms with Crippen LogP contribution >= 0.6 is 0 Å². The van der Waals surface area contributed by atoms with Gasteiger partial charge in [0, 0.05) is 0 Å². The summed E-state index contributed by atoms with van der Waals surface area (Å²) in [5, 5.41) is 10.5. The van der Waals surface area contributed by atoms with E-state index in [9.17, 15) is 4.79 Å². The van der Waals surface area contributed by atoms with Crippen LogP contribution in [0.2, 0.25) is 0 Å². The van der Waals surface area contributed by atoms with Crippen LogP contribution in [0.3, 0.4) is 0 Å². The van der Waals surface area contributed by atoms with E-state index in [0.717, 1.165) is 0 Å². The number of hydrogen-bond acceptors (Lipinski definition) is 6. The Hall–Kier alpha value is -2.25. The van der Waals surface area contributed by atoms with Gasteiger partial charge in [0.2, 0.25) is 12.2 Å². The van der Waals surface area contributed by atoms with Crippen molar-refractivity contribution in [3.8, 4) is 0 Å². The molecule has 0 aromatic carbocycles. The Bertz CT molecular complexity index is 554. The van der Waals surface area contributed by atoms with E-state index in [1.807, 2.05) is 20.8 Å². The lowest BCUT2D eigenvalue weighted by molar-refractivity contribution is 0.0926. The van der Waals surface area contributed by atoms with Crippen molar-refractivity contribution >= 4 is 5.91 Å². The molecule has 0 aliphatic heterocycles. The number of amides is 1. The largest absolute Gasteiger partial charge is 0.343 e. The second kappa shape index (κ2) is 4.79. The molecule has 0 radical (unpaired) electrons. The zero-order valence-corrected chi connectivity index (χ0v) is 11.3. The van der Waals surface area contributed by atoms with E-state index in [1.54, 1.807) is 11.6 Å². The van der Waals surface area contributed by atoms with Gasteiger partial charge in [0.25, 0.3) is 5.91 Å². The first-order chi connectivity index (χ1) is 8.88. The van der Waals surface area contributed by atoms with E-state index in [1.165, 1.54) is 12.7 Å². The average molecular weight is 264 g/mol. The van der Waals surface area contributed by atoms with E-state index in [-0.39, 0.29) is 23.3 Å². The van der Waals surface area contributed by atoms with E-state index < -0.39 is 0 Å². The van der Waals surface area contributed by atoms with Crippen molar-refractivity contribution < 1.29 is 9.32 Å². The minimum atomic E-state index is -0.375. The Balaban J connectivity index is 2.06. The van der Waals surface area contributed by atoms with Crippen LogP contribution < -0.4 is 5.32 Å². The first-order valence-corrected chi connectivity index (χ1v) is 5.87. The molecule has 1 atom stereocenters. The summed E-state index contributed by atoms with van der Waals surface area (Å²) in [6.45, 7) is 7.69. The van der Waals surface area contributed by atoms with E-state index >= 15 is 0 Å². The molecule has 2 aromatic heterocycles. The first kappa shape index (κ1) is 13.2. The first-order valence-electron chi connectivity index (χ1n) is 5.87. The third kappa shape index (κ3) is 2.95. The predicted octanol–water partition coefficient (Wildman–Crippen LogP) is 0.907. The Morgan fingerprint density at radius 3 is 2.68 bits per heavy atom. The van der Waals surface area contributed by atoms with E-state index in [0.29, 0.717) is 5.82 Å². The zero-order chi connectivity index (χ0) is 14.0. The fourth-order valence-corrected chi connectivity index (χ4v) is 1.39. The number of nitrogens with zero attached hydrogens (tertiary/aromatic N) is 5. The molecule has 0 bridgehead atoms. The van der Waals surface area contributed by atoms with Gasteiger partial charge in [0.05, 0.1) is 11.6 Å². The molecule has 1 amide bonds. The van der Waals surface area contributed by atoms with Gasteiger partial charge in [-0.15, -0.1) is 5.10 Å². The highest BCUT2D eigenvalue weighted by molar-refractivity contribution is 5.90. The van der Waals surface area contributed by atoms with Crippen LogP contribution in [0.5, 0.6) is 0 Å². The molecule has 0 aliphatic carbocycles. The molecule has 0 saturated heterocycles. The number of hydrogen-bond donors (Lipinski definition) is 1. The monoisotopic (exact) mass is 264 g/mol. The van der Waals surface area contributed by atoms with Crippen LogP contribution in [0.1, 0.15) is 50.2 Å². The Morgan fingerprint density at radius 1 is 1.42 bits per heavy atom. The second-order valence-electron chi connectivity index (χ2n) is 5.17. The Morgan fingerprint density at radius 2 is 2.16 bits per heavy atom. The summed E-state index contributed by atoms with van der Waals surface area (Å²) < 4.78 is 6.26. The second-order valence-corrected chi connectivity index (χ2v) is 5.17. The van der Waals surface area contributed by atoms with Gasteiger partial charge in [-0.05, 0) is 27.7 Å². The molecule has 102 valence electrons. The normalized spacial score (nSPS) is 13.3. The summed E-state index contributed by atoms with van der Waals surface area (Å²) in [7, 11) is 0. The maximum atomic E-state index is 12.0. The smallest absolute Gasteiger partial charge is 0.291 e. The topological polar surface area (TPSA) is 98.7 Å². The highest BCUT2D eigenvalue weighted by atomic mass is 16.5. The van der Waals surface area contributed by atoms with Crippen molar-refractivity contribution in [2.45, 2.75) is 39.3 Å². The molecule has 2 rings (SSSR count). The molecule has 2 aromatic rings. The third-order valence-corrected chi connectivity index (χ3v) is 2.50. The number of rotatable bonds is 3. The molecular weight excluding hydrogens is 248 g/mol. The van der Waals surface area contributed by atoms with Gasteiger partial charge in [-0.25, -0.2) is 9.67 Å². The predicted molar refractivity (Wildman–Crippen MR) is 65.2 cm³/mol. The van der Waals surface area contributed by atoms with Crippen LogP contribution in [0.15, 0.2) is 17.2 Å². The van der Waals surface area contributed by atoms with Gasteiger partial charge in [-0.1, -0.05) is 5.16 Å². The van der Waals surface area contributed by atoms with Gasteiger partial charge >= 0.3 is 0 Å². The maximum absolute atomic E-state index is 12.0. The number of carbonyl (C=O) groups is 1. The molecular formula is C11H16N6O2. The Labute approximate surface area is 110 Å². The molecule has 0 aliphatic rings. The molecule has 1 N–H and O–H groups in total. The van der Waals surface area contributed by atoms with E-state index in [4.69, 9.17) is 0 Å². The third-order valence-electron chi connectivity index (χ3n) is 2.50. The van der Waals surface area contributed by atoms with Crippen molar-refractivity contribution in [3.05, 3.63) is 24.4 Å². The van der Waals surface area contributed by atoms with Crippen LogP contribution in [-0.4, -0.2) is 30.8 Å². The molecule has 8 heteroatoms. The summed E-state index contributed by atoms with van der Waals surface area (Å²) in [6.07, 6.45) is 2.75. The van der Waals surface area contributed by atoms with Crippen molar-refractivity contribution in [2.75, 3.05) is 0 Å².